The van der Waals surface area contributed by atoms with E-state index < -0.39 is 0 Å². The van der Waals surface area contributed by atoms with Crippen LogP contribution < -0.4 is 5.32 Å². The fourth-order valence-corrected chi connectivity index (χ4v) is 2.81. The van der Waals surface area contributed by atoms with Crippen LogP contribution in [0.5, 0.6) is 0 Å². The zero-order chi connectivity index (χ0) is 17.4. The molecule has 0 radical (unpaired) electrons. The predicted molar refractivity (Wildman–Crippen MR) is 95.2 cm³/mol. The number of rotatable bonds is 5. The minimum atomic E-state index is 0.182. The second-order valence-corrected chi connectivity index (χ2v) is 6.75. The van der Waals surface area contributed by atoms with E-state index in [0.717, 1.165) is 34.9 Å². The van der Waals surface area contributed by atoms with Gasteiger partial charge < -0.3 is 5.32 Å². The van der Waals surface area contributed by atoms with Crippen LogP contribution in [0.3, 0.4) is 0 Å². The van der Waals surface area contributed by atoms with Crippen LogP contribution in [0.2, 0.25) is 0 Å². The Hall–Kier alpha value is -2.44. The van der Waals surface area contributed by atoms with Crippen molar-refractivity contribution in [1.29, 1.82) is 0 Å². The van der Waals surface area contributed by atoms with Crippen LogP contribution in [0, 0.1) is 13.8 Å². The number of aromatic nitrogens is 6. The number of fused-ring (bicyclic) bond motifs is 1. The van der Waals surface area contributed by atoms with Crippen molar-refractivity contribution in [2.45, 2.75) is 53.1 Å². The molecule has 7 nitrogen and oxygen atoms in total. The summed E-state index contributed by atoms with van der Waals surface area (Å²) >= 11 is 0. The van der Waals surface area contributed by atoms with E-state index in [4.69, 9.17) is 4.98 Å². The van der Waals surface area contributed by atoms with Crippen LogP contribution in [0.4, 0.5) is 5.82 Å². The van der Waals surface area contributed by atoms with Gasteiger partial charge in [-0.3, -0.25) is 9.36 Å². The van der Waals surface area contributed by atoms with Gasteiger partial charge in [-0.25, -0.2) is 9.97 Å². The number of hydrogen-bond donors (Lipinski definition) is 1. The van der Waals surface area contributed by atoms with E-state index in [1.165, 1.54) is 5.69 Å². The standard InChI is InChI=1S/C17H25N7/c1-10(2)15-20-16(14-8-18-23(6)17(14)21-15)19-12(4)9-24-13(5)7-11(3)22-24/h7-8,10,12H,9H2,1-6H3,(H,19,20,21). The molecule has 0 bridgehead atoms. The lowest BCUT2D eigenvalue weighted by Gasteiger charge is -2.17. The second kappa shape index (κ2) is 6.22. The summed E-state index contributed by atoms with van der Waals surface area (Å²) in [6.45, 7) is 11.2. The van der Waals surface area contributed by atoms with E-state index in [1.54, 1.807) is 4.68 Å². The van der Waals surface area contributed by atoms with Crippen LogP contribution in [-0.2, 0) is 13.6 Å². The molecule has 3 heterocycles. The first-order valence-electron chi connectivity index (χ1n) is 8.32. The molecule has 1 N–H and O–H groups in total. The largest absolute Gasteiger partial charge is 0.365 e. The van der Waals surface area contributed by atoms with Gasteiger partial charge in [0.1, 0.15) is 11.6 Å². The zero-order valence-electron chi connectivity index (χ0n) is 15.2. The van der Waals surface area contributed by atoms with Gasteiger partial charge in [-0.1, -0.05) is 13.8 Å². The molecule has 0 fully saturated rings. The van der Waals surface area contributed by atoms with Gasteiger partial charge in [0.15, 0.2) is 5.65 Å². The topological polar surface area (TPSA) is 73.5 Å². The molecule has 128 valence electrons. The monoisotopic (exact) mass is 327 g/mol. The Morgan fingerprint density at radius 1 is 1.17 bits per heavy atom. The van der Waals surface area contributed by atoms with Crippen molar-refractivity contribution in [3.05, 3.63) is 29.5 Å². The Kier molecular flexibility index (Phi) is 4.26. The van der Waals surface area contributed by atoms with E-state index >= 15 is 0 Å². The van der Waals surface area contributed by atoms with Gasteiger partial charge in [-0.2, -0.15) is 10.2 Å². The van der Waals surface area contributed by atoms with Crippen molar-refractivity contribution in [2.24, 2.45) is 7.05 Å². The third-order valence-electron chi connectivity index (χ3n) is 4.06. The molecule has 0 aliphatic heterocycles. The molecule has 3 aromatic rings. The second-order valence-electron chi connectivity index (χ2n) is 6.75. The maximum absolute atomic E-state index is 4.72. The molecule has 1 atom stereocenters. The molecule has 0 spiro atoms. The van der Waals surface area contributed by atoms with Crippen molar-refractivity contribution in [3.8, 4) is 0 Å². The number of hydrogen-bond acceptors (Lipinski definition) is 5. The zero-order valence-corrected chi connectivity index (χ0v) is 15.2. The van der Waals surface area contributed by atoms with E-state index in [9.17, 15) is 0 Å². The number of nitrogens with zero attached hydrogens (tertiary/aromatic N) is 6. The molecule has 1 unspecified atom stereocenters. The predicted octanol–water partition coefficient (Wildman–Crippen LogP) is 2.80. The van der Waals surface area contributed by atoms with Gasteiger partial charge in [0.05, 0.1) is 23.8 Å². The highest BCUT2D eigenvalue weighted by Crippen LogP contribution is 2.23. The molecule has 0 aromatic carbocycles. The van der Waals surface area contributed by atoms with Crippen LogP contribution in [-0.4, -0.2) is 35.6 Å². The average Bonchev–Trinajstić information content (AvgIpc) is 3.02. The molecule has 0 aliphatic carbocycles. The first kappa shape index (κ1) is 16.4. The van der Waals surface area contributed by atoms with Crippen molar-refractivity contribution in [1.82, 2.24) is 29.5 Å². The molecule has 0 saturated heterocycles. The summed E-state index contributed by atoms with van der Waals surface area (Å²) in [4.78, 5) is 9.35. The van der Waals surface area contributed by atoms with Crippen molar-refractivity contribution in [3.63, 3.8) is 0 Å². The number of nitrogens with one attached hydrogen (secondary N) is 1. The minimum Gasteiger partial charge on any atom is -0.365 e. The molecular formula is C17H25N7. The Bertz CT molecular complexity index is 859. The molecule has 7 heteroatoms. The molecule has 3 aromatic heterocycles. The van der Waals surface area contributed by atoms with E-state index in [2.05, 4.69) is 54.3 Å². The first-order chi connectivity index (χ1) is 11.3. The highest BCUT2D eigenvalue weighted by atomic mass is 15.3. The van der Waals surface area contributed by atoms with E-state index in [0.29, 0.717) is 0 Å². The van der Waals surface area contributed by atoms with Crippen LogP contribution in [0.15, 0.2) is 12.3 Å². The molecule has 0 saturated carbocycles. The SMILES string of the molecule is Cc1cc(C)n(CC(C)Nc2nc(C(C)C)nc3c2cnn3C)n1. The summed E-state index contributed by atoms with van der Waals surface area (Å²) in [7, 11) is 1.91. The van der Waals surface area contributed by atoms with Gasteiger partial charge >= 0.3 is 0 Å². The fraction of sp³-hybridized carbons (Fsp3) is 0.529. The summed E-state index contributed by atoms with van der Waals surface area (Å²) in [5.41, 5.74) is 3.06. The summed E-state index contributed by atoms with van der Waals surface area (Å²) in [5, 5.41) is 13.3. The van der Waals surface area contributed by atoms with E-state index in [1.807, 2.05) is 24.9 Å². The maximum atomic E-state index is 4.72. The third-order valence-corrected chi connectivity index (χ3v) is 4.06. The molecule has 0 amide bonds. The average molecular weight is 327 g/mol. The quantitative estimate of drug-likeness (QED) is 0.780. The van der Waals surface area contributed by atoms with Crippen LogP contribution in [0.25, 0.3) is 11.0 Å². The molecule has 24 heavy (non-hydrogen) atoms. The Balaban J connectivity index is 1.89. The summed E-state index contributed by atoms with van der Waals surface area (Å²) in [5.74, 6) is 1.92. The molecular weight excluding hydrogens is 302 g/mol. The number of aryl methyl sites for hydroxylation is 3. The number of anilines is 1. The fourth-order valence-electron chi connectivity index (χ4n) is 2.81. The van der Waals surface area contributed by atoms with Crippen molar-refractivity contribution in [2.75, 3.05) is 5.32 Å². The molecule has 3 rings (SSSR count). The lowest BCUT2D eigenvalue weighted by molar-refractivity contribution is 0.544. The summed E-state index contributed by atoms with van der Waals surface area (Å²) < 4.78 is 3.82. The lowest BCUT2D eigenvalue weighted by Crippen LogP contribution is -2.24. The van der Waals surface area contributed by atoms with Gasteiger partial charge in [-0.15, -0.1) is 0 Å². The first-order valence-corrected chi connectivity index (χ1v) is 8.32. The van der Waals surface area contributed by atoms with Crippen molar-refractivity contribution < 1.29 is 0 Å². The third kappa shape index (κ3) is 3.11. The summed E-state index contributed by atoms with van der Waals surface area (Å²) in [6.07, 6.45) is 1.82. The van der Waals surface area contributed by atoms with Gasteiger partial charge in [-0.05, 0) is 26.8 Å². The lowest BCUT2D eigenvalue weighted by atomic mass is 10.2. The normalized spacial score (nSPS) is 13.0. The van der Waals surface area contributed by atoms with Crippen LogP contribution >= 0.6 is 0 Å². The van der Waals surface area contributed by atoms with Crippen LogP contribution in [0.1, 0.15) is 43.9 Å². The van der Waals surface area contributed by atoms with Crippen molar-refractivity contribution >= 4 is 16.9 Å². The van der Waals surface area contributed by atoms with Gasteiger partial charge in [0, 0.05) is 24.7 Å². The Morgan fingerprint density at radius 2 is 1.92 bits per heavy atom. The summed E-state index contributed by atoms with van der Waals surface area (Å²) in [6, 6.07) is 2.27. The Morgan fingerprint density at radius 3 is 2.54 bits per heavy atom. The highest BCUT2D eigenvalue weighted by molar-refractivity contribution is 5.86. The minimum absolute atomic E-state index is 0.182. The van der Waals surface area contributed by atoms with E-state index in [-0.39, 0.29) is 12.0 Å². The molecule has 0 aliphatic rings. The van der Waals surface area contributed by atoms with Gasteiger partial charge in [0.2, 0.25) is 0 Å². The Labute approximate surface area is 142 Å². The highest BCUT2D eigenvalue weighted by Gasteiger charge is 2.16. The van der Waals surface area contributed by atoms with Gasteiger partial charge in [0.25, 0.3) is 0 Å². The maximum Gasteiger partial charge on any atom is 0.163 e. The smallest absolute Gasteiger partial charge is 0.163 e.